The zero-order valence-corrected chi connectivity index (χ0v) is 9.56. The molecule has 0 aromatic rings. The summed E-state index contributed by atoms with van der Waals surface area (Å²) in [4.78, 5) is 10.7. The largest absolute Gasteiger partial charge is 0.403 e. The maximum Gasteiger partial charge on any atom is 0.229 e. The molecule has 0 saturated heterocycles. The summed E-state index contributed by atoms with van der Waals surface area (Å²) in [5, 5.41) is 2.68. The van der Waals surface area contributed by atoms with Crippen LogP contribution >= 0.6 is 35.5 Å². The minimum atomic E-state index is -0.0665. The molecule has 12 heavy (non-hydrogen) atoms. The first kappa shape index (κ1) is 11.9. The van der Waals surface area contributed by atoms with Crippen molar-refractivity contribution < 1.29 is 4.79 Å². The summed E-state index contributed by atoms with van der Waals surface area (Å²) >= 11 is 5.81. The minimum absolute atomic E-state index is 0.0665. The zero-order chi connectivity index (χ0) is 9.40. The fourth-order valence-electron chi connectivity index (χ4n) is 0.555. The second kappa shape index (κ2) is 7.53. The van der Waals surface area contributed by atoms with E-state index in [1.807, 2.05) is 22.9 Å². The Hall–Kier alpha value is -0.110. The van der Waals surface area contributed by atoms with Gasteiger partial charge in [-0.2, -0.15) is 12.6 Å². The predicted molar refractivity (Wildman–Crippen MR) is 60.9 cm³/mol. The van der Waals surface area contributed by atoms with Crippen LogP contribution in [-0.2, 0) is 4.79 Å². The maximum atomic E-state index is 10.7. The first-order valence-corrected chi connectivity index (χ1v) is 5.10. The number of nitrogens with one attached hydrogen (secondary N) is 2. The third-order valence-electron chi connectivity index (χ3n) is 1.18. The van der Waals surface area contributed by atoms with Gasteiger partial charge in [-0.05, 0) is 0 Å². The van der Waals surface area contributed by atoms with E-state index in [4.69, 9.17) is 5.73 Å². The minimum Gasteiger partial charge on any atom is -0.403 e. The second-order valence-electron chi connectivity index (χ2n) is 2.04. The van der Waals surface area contributed by atoms with Crippen molar-refractivity contribution in [2.75, 3.05) is 12.3 Å². The number of amides is 1. The average molecular weight is 301 g/mol. The molecular formula is C6H12IN3OS. The first-order chi connectivity index (χ1) is 5.74. The third kappa shape index (κ3) is 5.53. The molecule has 0 spiro atoms. The first-order valence-electron chi connectivity index (χ1n) is 3.39. The number of rotatable bonds is 5. The second-order valence-corrected chi connectivity index (χ2v) is 2.90. The maximum absolute atomic E-state index is 10.7. The van der Waals surface area contributed by atoms with Gasteiger partial charge < -0.3 is 14.6 Å². The standard InChI is InChI=1S/C6H12IN3OS/c7-10-5(3-8)1-2-9-6(11)4-12/h3,10,12H,1-2,4,8H2,(H,9,11)/b5-3-. The normalized spacial score (nSPS) is 11.0. The third-order valence-corrected chi connectivity index (χ3v) is 2.16. The number of thiol groups is 1. The van der Waals surface area contributed by atoms with Gasteiger partial charge in [0.05, 0.1) is 28.6 Å². The summed E-state index contributed by atoms with van der Waals surface area (Å²) in [7, 11) is 0. The summed E-state index contributed by atoms with van der Waals surface area (Å²) in [5.74, 6) is 0.155. The van der Waals surface area contributed by atoms with Crippen LogP contribution in [0.4, 0.5) is 0 Å². The van der Waals surface area contributed by atoms with E-state index in [2.05, 4.69) is 21.5 Å². The quantitative estimate of drug-likeness (QED) is 0.332. The van der Waals surface area contributed by atoms with E-state index >= 15 is 0 Å². The molecule has 0 aliphatic heterocycles. The molecule has 70 valence electrons. The Morgan fingerprint density at radius 3 is 2.75 bits per heavy atom. The van der Waals surface area contributed by atoms with Gasteiger partial charge in [-0.3, -0.25) is 4.79 Å². The molecule has 0 rings (SSSR count). The lowest BCUT2D eigenvalue weighted by molar-refractivity contribution is -0.118. The van der Waals surface area contributed by atoms with E-state index in [0.717, 1.165) is 5.70 Å². The predicted octanol–water partition coefficient (Wildman–Crippen LogP) is 0.162. The highest BCUT2D eigenvalue weighted by Gasteiger charge is 1.97. The molecule has 0 heterocycles. The van der Waals surface area contributed by atoms with Crippen LogP contribution in [0.15, 0.2) is 11.9 Å². The number of carbonyl (C=O) groups excluding carboxylic acids is 1. The van der Waals surface area contributed by atoms with Crippen LogP contribution in [0.5, 0.6) is 0 Å². The van der Waals surface area contributed by atoms with Gasteiger partial charge in [0.25, 0.3) is 0 Å². The Kier molecular flexibility index (Phi) is 7.47. The van der Waals surface area contributed by atoms with Gasteiger partial charge in [-0.1, -0.05) is 0 Å². The van der Waals surface area contributed by atoms with Crippen molar-refractivity contribution >= 4 is 41.4 Å². The van der Waals surface area contributed by atoms with Crippen molar-refractivity contribution in [1.82, 2.24) is 8.85 Å². The Morgan fingerprint density at radius 2 is 2.33 bits per heavy atom. The molecule has 0 unspecified atom stereocenters. The van der Waals surface area contributed by atoms with Gasteiger partial charge in [-0.25, -0.2) is 0 Å². The molecule has 4 N–H and O–H groups in total. The van der Waals surface area contributed by atoms with Crippen LogP contribution in [0, 0.1) is 0 Å². The van der Waals surface area contributed by atoms with E-state index in [0.29, 0.717) is 13.0 Å². The molecule has 0 bridgehead atoms. The molecule has 0 atom stereocenters. The summed E-state index contributed by atoms with van der Waals surface area (Å²) in [6.07, 6.45) is 2.19. The molecule has 0 fully saturated rings. The number of hydrogen-bond acceptors (Lipinski definition) is 4. The van der Waals surface area contributed by atoms with Crippen molar-refractivity contribution in [2.24, 2.45) is 5.73 Å². The van der Waals surface area contributed by atoms with Gasteiger partial charge in [0.15, 0.2) is 0 Å². The molecule has 0 radical (unpaired) electrons. The topological polar surface area (TPSA) is 67.1 Å². The van der Waals surface area contributed by atoms with Crippen molar-refractivity contribution in [3.8, 4) is 0 Å². The van der Waals surface area contributed by atoms with Crippen molar-refractivity contribution in [1.29, 1.82) is 0 Å². The Morgan fingerprint density at radius 1 is 1.67 bits per heavy atom. The van der Waals surface area contributed by atoms with Gasteiger partial charge in [0.2, 0.25) is 5.91 Å². The van der Waals surface area contributed by atoms with Crippen LogP contribution in [0.25, 0.3) is 0 Å². The van der Waals surface area contributed by atoms with Crippen molar-refractivity contribution in [3.05, 3.63) is 11.9 Å². The van der Waals surface area contributed by atoms with Crippen LogP contribution in [0.1, 0.15) is 6.42 Å². The van der Waals surface area contributed by atoms with Crippen LogP contribution < -0.4 is 14.6 Å². The lowest BCUT2D eigenvalue weighted by atomic mass is 10.3. The SMILES string of the molecule is N/C=C(/CCNC(=O)CS)NI. The molecule has 0 aromatic heterocycles. The van der Waals surface area contributed by atoms with Crippen LogP contribution in [0.3, 0.4) is 0 Å². The van der Waals surface area contributed by atoms with Crippen LogP contribution in [0.2, 0.25) is 0 Å². The molecule has 1 amide bonds. The molecule has 0 aliphatic carbocycles. The number of nitrogens with two attached hydrogens (primary N) is 1. The molecule has 6 heteroatoms. The number of hydrogen-bond donors (Lipinski definition) is 4. The van der Waals surface area contributed by atoms with Gasteiger partial charge in [-0.15, -0.1) is 0 Å². The van der Waals surface area contributed by atoms with E-state index < -0.39 is 0 Å². The van der Waals surface area contributed by atoms with E-state index in [-0.39, 0.29) is 11.7 Å². The lowest BCUT2D eigenvalue weighted by Gasteiger charge is -2.04. The lowest BCUT2D eigenvalue weighted by Crippen LogP contribution is -2.26. The highest BCUT2D eigenvalue weighted by molar-refractivity contribution is 14.1. The fourth-order valence-corrected chi connectivity index (χ4v) is 1.12. The smallest absolute Gasteiger partial charge is 0.229 e. The summed E-state index contributed by atoms with van der Waals surface area (Å²) in [6.45, 7) is 0.582. The fraction of sp³-hybridized carbons (Fsp3) is 0.500. The zero-order valence-electron chi connectivity index (χ0n) is 6.51. The summed E-state index contributed by atoms with van der Waals surface area (Å²) < 4.78 is 2.88. The summed E-state index contributed by atoms with van der Waals surface area (Å²) in [5.41, 5.74) is 6.17. The average Bonchev–Trinajstić information content (AvgIpc) is 2.12. The van der Waals surface area contributed by atoms with Gasteiger partial charge in [0.1, 0.15) is 0 Å². The molecule has 0 aromatic carbocycles. The number of halogens is 1. The Balaban J connectivity index is 3.48. The Labute approximate surface area is 91.2 Å². The monoisotopic (exact) mass is 301 g/mol. The van der Waals surface area contributed by atoms with E-state index in [1.54, 1.807) is 0 Å². The highest BCUT2D eigenvalue weighted by Crippen LogP contribution is 1.95. The molecule has 0 saturated carbocycles. The highest BCUT2D eigenvalue weighted by atomic mass is 127. The summed E-state index contributed by atoms with van der Waals surface area (Å²) in [6, 6.07) is 0. The van der Waals surface area contributed by atoms with Crippen LogP contribution in [-0.4, -0.2) is 18.2 Å². The molecular weight excluding hydrogens is 289 g/mol. The Bertz CT molecular complexity index is 174. The molecule has 0 aliphatic rings. The van der Waals surface area contributed by atoms with Crippen molar-refractivity contribution in [2.45, 2.75) is 6.42 Å². The van der Waals surface area contributed by atoms with E-state index in [1.165, 1.54) is 6.20 Å². The van der Waals surface area contributed by atoms with Crippen molar-refractivity contribution in [3.63, 3.8) is 0 Å². The van der Waals surface area contributed by atoms with Gasteiger partial charge in [0, 0.05) is 24.9 Å². The molecule has 4 nitrogen and oxygen atoms in total. The van der Waals surface area contributed by atoms with Gasteiger partial charge >= 0.3 is 0 Å². The number of carbonyl (C=O) groups is 1. The van der Waals surface area contributed by atoms with E-state index in [9.17, 15) is 4.79 Å².